The van der Waals surface area contributed by atoms with E-state index in [9.17, 15) is 22.8 Å². The minimum atomic E-state index is -3.77. The van der Waals surface area contributed by atoms with Gasteiger partial charge in [-0.3, -0.25) is 18.7 Å². The molecule has 170 valence electrons. The minimum absolute atomic E-state index is 0.0350. The Labute approximate surface area is 188 Å². The van der Waals surface area contributed by atoms with Crippen LogP contribution in [-0.2, 0) is 35.5 Å². The second kappa shape index (κ2) is 8.19. The molecular formula is C19H21ClN6O5S. The van der Waals surface area contributed by atoms with E-state index in [2.05, 4.69) is 4.98 Å². The number of halogens is 1. The Kier molecular flexibility index (Phi) is 5.69. The first-order valence-electron chi connectivity index (χ1n) is 9.76. The van der Waals surface area contributed by atoms with Crippen molar-refractivity contribution in [3.8, 4) is 0 Å². The Hall–Kier alpha value is -2.96. The number of hydrogen-bond acceptors (Lipinski definition) is 6. The van der Waals surface area contributed by atoms with Crippen molar-refractivity contribution in [1.82, 2.24) is 27.9 Å². The number of hydrogen-bond donors (Lipinski definition) is 0. The first-order valence-corrected chi connectivity index (χ1v) is 11.6. The molecule has 3 aromatic rings. The zero-order valence-electron chi connectivity index (χ0n) is 17.4. The molecule has 0 unspecified atom stereocenters. The van der Waals surface area contributed by atoms with Crippen molar-refractivity contribution in [1.29, 1.82) is 0 Å². The van der Waals surface area contributed by atoms with Crippen LogP contribution in [0.25, 0.3) is 11.2 Å². The maximum absolute atomic E-state index is 12.9. The Balaban J connectivity index is 1.50. The van der Waals surface area contributed by atoms with Gasteiger partial charge in [-0.05, 0) is 12.1 Å². The number of fused-ring (bicyclic) bond motifs is 1. The van der Waals surface area contributed by atoms with Crippen LogP contribution in [0.1, 0.15) is 0 Å². The van der Waals surface area contributed by atoms with Crippen LogP contribution in [0, 0.1) is 0 Å². The van der Waals surface area contributed by atoms with Gasteiger partial charge in [0.2, 0.25) is 15.9 Å². The van der Waals surface area contributed by atoms with Gasteiger partial charge in [0.1, 0.15) is 11.4 Å². The van der Waals surface area contributed by atoms with Crippen molar-refractivity contribution in [3.63, 3.8) is 0 Å². The summed E-state index contributed by atoms with van der Waals surface area (Å²) in [6.45, 7) is 0.499. The van der Waals surface area contributed by atoms with Crippen LogP contribution in [0.3, 0.4) is 0 Å². The smallest absolute Gasteiger partial charge is 0.332 e. The van der Waals surface area contributed by atoms with E-state index in [1.807, 2.05) is 0 Å². The highest BCUT2D eigenvalue weighted by atomic mass is 35.5. The number of nitrogens with zero attached hydrogens (tertiary/aromatic N) is 6. The van der Waals surface area contributed by atoms with Crippen LogP contribution < -0.4 is 11.2 Å². The van der Waals surface area contributed by atoms with Crippen molar-refractivity contribution in [3.05, 3.63) is 56.5 Å². The summed E-state index contributed by atoms with van der Waals surface area (Å²) in [6, 6.07) is 6.23. The molecule has 0 bridgehead atoms. The van der Waals surface area contributed by atoms with Gasteiger partial charge in [-0.15, -0.1) is 0 Å². The molecule has 1 fully saturated rings. The molecule has 32 heavy (non-hydrogen) atoms. The van der Waals surface area contributed by atoms with Crippen LogP contribution in [-0.4, -0.2) is 68.4 Å². The molecule has 0 aliphatic carbocycles. The largest absolute Gasteiger partial charge is 0.339 e. The van der Waals surface area contributed by atoms with E-state index in [-0.39, 0.29) is 59.7 Å². The average molecular weight is 481 g/mol. The number of sulfonamides is 1. The van der Waals surface area contributed by atoms with Gasteiger partial charge in [0.25, 0.3) is 5.56 Å². The van der Waals surface area contributed by atoms with E-state index in [0.717, 1.165) is 4.57 Å². The molecule has 2 aromatic heterocycles. The minimum Gasteiger partial charge on any atom is -0.339 e. The number of piperazine rings is 1. The van der Waals surface area contributed by atoms with Gasteiger partial charge < -0.3 is 9.47 Å². The third kappa shape index (κ3) is 3.63. The Bertz CT molecular complexity index is 1430. The molecule has 13 heteroatoms. The summed E-state index contributed by atoms with van der Waals surface area (Å²) in [5.74, 6) is -0.282. The zero-order chi connectivity index (χ0) is 23.2. The van der Waals surface area contributed by atoms with E-state index in [1.165, 1.54) is 50.9 Å². The van der Waals surface area contributed by atoms with E-state index < -0.39 is 21.3 Å². The summed E-state index contributed by atoms with van der Waals surface area (Å²) >= 11 is 6.05. The van der Waals surface area contributed by atoms with Crippen LogP contribution >= 0.6 is 11.6 Å². The number of rotatable bonds is 4. The fourth-order valence-corrected chi connectivity index (χ4v) is 5.65. The molecule has 0 atom stereocenters. The van der Waals surface area contributed by atoms with Gasteiger partial charge in [-0.25, -0.2) is 18.2 Å². The molecule has 1 aromatic carbocycles. The number of benzene rings is 1. The SMILES string of the molecule is Cn1c(=O)c2c(ncn2CC(=O)N2CCN(S(=O)(=O)c3ccccc3Cl)CC2)n(C)c1=O. The van der Waals surface area contributed by atoms with Crippen LogP contribution in [0.4, 0.5) is 0 Å². The molecule has 4 rings (SSSR count). The number of aromatic nitrogens is 4. The molecule has 1 aliphatic heterocycles. The molecular weight excluding hydrogens is 460 g/mol. The number of carbonyl (C=O) groups is 1. The Morgan fingerprint density at radius 2 is 1.72 bits per heavy atom. The van der Waals surface area contributed by atoms with Crippen molar-refractivity contribution in [2.24, 2.45) is 14.1 Å². The molecule has 1 saturated heterocycles. The van der Waals surface area contributed by atoms with Crippen molar-refractivity contribution >= 4 is 38.7 Å². The van der Waals surface area contributed by atoms with Gasteiger partial charge in [-0.2, -0.15) is 4.31 Å². The van der Waals surface area contributed by atoms with Gasteiger partial charge in [0.05, 0.1) is 11.3 Å². The van der Waals surface area contributed by atoms with Crippen LogP contribution in [0.15, 0.2) is 45.1 Å². The highest BCUT2D eigenvalue weighted by molar-refractivity contribution is 7.89. The first-order chi connectivity index (χ1) is 15.1. The maximum Gasteiger partial charge on any atom is 0.332 e. The summed E-state index contributed by atoms with van der Waals surface area (Å²) in [6.07, 6.45) is 1.35. The summed E-state index contributed by atoms with van der Waals surface area (Å²) in [5.41, 5.74) is -0.691. The predicted octanol–water partition coefficient (Wildman–Crippen LogP) is -0.380. The second-order valence-corrected chi connectivity index (χ2v) is 9.78. The topological polar surface area (TPSA) is 120 Å². The summed E-state index contributed by atoms with van der Waals surface area (Å²) in [4.78, 5) is 43.1. The molecule has 1 aliphatic rings. The van der Waals surface area contributed by atoms with Crippen molar-refractivity contribution < 1.29 is 13.2 Å². The van der Waals surface area contributed by atoms with Crippen molar-refractivity contribution in [2.45, 2.75) is 11.4 Å². The van der Waals surface area contributed by atoms with Crippen LogP contribution in [0.2, 0.25) is 5.02 Å². The third-order valence-corrected chi connectivity index (χ3v) is 7.97. The number of carbonyl (C=O) groups excluding carboxylic acids is 1. The van der Waals surface area contributed by atoms with Crippen molar-refractivity contribution in [2.75, 3.05) is 26.2 Å². The fraction of sp³-hybridized carbons (Fsp3) is 0.368. The van der Waals surface area contributed by atoms with Gasteiger partial charge in [0, 0.05) is 40.3 Å². The quantitative estimate of drug-likeness (QED) is 0.502. The average Bonchev–Trinajstić information content (AvgIpc) is 3.20. The number of imidazole rings is 1. The van der Waals surface area contributed by atoms with Gasteiger partial charge in [-0.1, -0.05) is 23.7 Å². The number of amides is 1. The van der Waals surface area contributed by atoms with E-state index in [0.29, 0.717) is 0 Å². The molecule has 0 radical (unpaired) electrons. The van der Waals surface area contributed by atoms with E-state index in [1.54, 1.807) is 12.1 Å². The maximum atomic E-state index is 12.9. The van der Waals surface area contributed by atoms with Gasteiger partial charge in [0.15, 0.2) is 11.2 Å². The number of aryl methyl sites for hydroxylation is 1. The highest BCUT2D eigenvalue weighted by Gasteiger charge is 2.31. The molecule has 3 heterocycles. The summed E-state index contributed by atoms with van der Waals surface area (Å²) in [7, 11) is -0.903. The lowest BCUT2D eigenvalue weighted by Gasteiger charge is -2.34. The zero-order valence-corrected chi connectivity index (χ0v) is 19.0. The standard InChI is InChI=1S/C19H21ClN6O5S/c1-22-17-16(18(28)23(2)19(22)29)25(12-21-17)11-15(27)24-7-9-26(10-8-24)32(30,31)14-6-4-3-5-13(14)20/h3-6,12H,7-11H2,1-2H3. The molecule has 0 spiro atoms. The lowest BCUT2D eigenvalue weighted by Crippen LogP contribution is -2.51. The lowest BCUT2D eigenvalue weighted by atomic mass is 10.3. The molecule has 1 amide bonds. The lowest BCUT2D eigenvalue weighted by molar-refractivity contribution is -0.132. The van der Waals surface area contributed by atoms with E-state index >= 15 is 0 Å². The fourth-order valence-electron chi connectivity index (χ4n) is 3.73. The Morgan fingerprint density at radius 1 is 1.06 bits per heavy atom. The van der Waals surface area contributed by atoms with Gasteiger partial charge >= 0.3 is 5.69 Å². The molecule has 0 N–H and O–H groups in total. The summed E-state index contributed by atoms with van der Waals surface area (Å²) < 4.78 is 30.7. The highest BCUT2D eigenvalue weighted by Crippen LogP contribution is 2.25. The normalized spacial score (nSPS) is 15.4. The summed E-state index contributed by atoms with van der Waals surface area (Å²) in [5, 5.41) is 0.147. The predicted molar refractivity (Wildman–Crippen MR) is 117 cm³/mol. The molecule has 11 nitrogen and oxygen atoms in total. The van der Waals surface area contributed by atoms with Crippen LogP contribution in [0.5, 0.6) is 0 Å². The monoisotopic (exact) mass is 480 g/mol. The van der Waals surface area contributed by atoms with E-state index in [4.69, 9.17) is 11.6 Å². The second-order valence-electron chi connectivity index (χ2n) is 7.47. The Morgan fingerprint density at radius 3 is 2.38 bits per heavy atom. The first kappa shape index (κ1) is 22.2. The molecule has 0 saturated carbocycles. The third-order valence-electron chi connectivity index (χ3n) is 5.57.